The van der Waals surface area contributed by atoms with Crippen LogP contribution in [0.15, 0.2) is 6.20 Å². The van der Waals surface area contributed by atoms with Gasteiger partial charge in [-0.1, -0.05) is 5.21 Å². The van der Waals surface area contributed by atoms with E-state index in [1.807, 2.05) is 4.68 Å². The molecule has 0 aromatic carbocycles. The Morgan fingerprint density at radius 1 is 1.67 bits per heavy atom. The van der Waals surface area contributed by atoms with Gasteiger partial charge in [-0.2, -0.15) is 0 Å². The first-order valence-electron chi connectivity index (χ1n) is 4.14. The van der Waals surface area contributed by atoms with Crippen LogP contribution in [-0.4, -0.2) is 28.1 Å². The molecule has 66 valence electrons. The molecule has 2 heterocycles. The number of rotatable bonds is 1. The molecule has 2 rings (SSSR count). The maximum Gasteiger partial charge on any atom is 0.119 e. The van der Waals surface area contributed by atoms with Crippen LogP contribution in [0.1, 0.15) is 18.9 Å². The Morgan fingerprint density at radius 2 is 2.58 bits per heavy atom. The van der Waals surface area contributed by atoms with E-state index in [9.17, 15) is 0 Å². The third-order valence-corrected chi connectivity index (χ3v) is 2.92. The van der Waals surface area contributed by atoms with Crippen molar-refractivity contribution in [2.24, 2.45) is 0 Å². The molecule has 5 heteroatoms. The first-order valence-corrected chi connectivity index (χ1v) is 5.22. The minimum atomic E-state index is 0.508. The smallest absolute Gasteiger partial charge is 0.119 e. The van der Waals surface area contributed by atoms with E-state index < -0.39 is 0 Å². The molecule has 12 heavy (non-hydrogen) atoms. The van der Waals surface area contributed by atoms with Crippen LogP contribution < -0.4 is 5.32 Å². The summed E-state index contributed by atoms with van der Waals surface area (Å²) in [6, 6.07) is 0.508. The van der Waals surface area contributed by atoms with Gasteiger partial charge in [-0.25, -0.2) is 4.68 Å². The van der Waals surface area contributed by atoms with E-state index in [0.717, 1.165) is 16.8 Å². The van der Waals surface area contributed by atoms with Crippen LogP contribution in [0.3, 0.4) is 0 Å². The van der Waals surface area contributed by atoms with Crippen LogP contribution in [0.5, 0.6) is 0 Å². The van der Waals surface area contributed by atoms with Gasteiger partial charge < -0.3 is 5.32 Å². The van der Waals surface area contributed by atoms with E-state index in [2.05, 4.69) is 38.2 Å². The van der Waals surface area contributed by atoms with E-state index in [1.165, 1.54) is 12.8 Å². The molecule has 0 aliphatic carbocycles. The van der Waals surface area contributed by atoms with Gasteiger partial charge in [0.1, 0.15) is 3.70 Å². The van der Waals surface area contributed by atoms with Crippen molar-refractivity contribution < 1.29 is 0 Å². The molecule has 4 nitrogen and oxygen atoms in total. The first kappa shape index (κ1) is 8.43. The van der Waals surface area contributed by atoms with Crippen molar-refractivity contribution in [3.05, 3.63) is 9.90 Å². The number of hydrogen-bond donors (Lipinski definition) is 1. The molecule has 1 aromatic heterocycles. The van der Waals surface area contributed by atoms with Gasteiger partial charge in [0, 0.05) is 6.54 Å². The monoisotopic (exact) mass is 278 g/mol. The Hall–Kier alpha value is -0.170. The molecular weight excluding hydrogens is 267 g/mol. The maximum atomic E-state index is 4.06. The van der Waals surface area contributed by atoms with Gasteiger partial charge in [-0.05, 0) is 42.0 Å². The summed E-state index contributed by atoms with van der Waals surface area (Å²) in [6.07, 6.45) is 4.25. The zero-order valence-electron chi connectivity index (χ0n) is 6.70. The van der Waals surface area contributed by atoms with E-state index in [4.69, 9.17) is 0 Å². The zero-order chi connectivity index (χ0) is 8.39. The molecule has 1 fully saturated rings. The van der Waals surface area contributed by atoms with Gasteiger partial charge in [0.25, 0.3) is 0 Å². The van der Waals surface area contributed by atoms with Crippen molar-refractivity contribution >= 4 is 22.6 Å². The largest absolute Gasteiger partial charge is 0.315 e. The highest BCUT2D eigenvalue weighted by atomic mass is 127. The highest BCUT2D eigenvalue weighted by molar-refractivity contribution is 14.1. The number of hydrogen-bond acceptors (Lipinski definition) is 3. The summed E-state index contributed by atoms with van der Waals surface area (Å²) in [5.74, 6) is 0. The number of aromatic nitrogens is 3. The van der Waals surface area contributed by atoms with E-state index >= 15 is 0 Å². The van der Waals surface area contributed by atoms with Crippen LogP contribution in [0.25, 0.3) is 0 Å². The third kappa shape index (κ3) is 1.61. The predicted octanol–water partition coefficient (Wildman–Crippen LogP) is 0.807. The summed E-state index contributed by atoms with van der Waals surface area (Å²) < 4.78 is 3.13. The molecule has 1 atom stereocenters. The lowest BCUT2D eigenvalue weighted by atomic mass is 10.1. The van der Waals surface area contributed by atoms with Gasteiger partial charge >= 0.3 is 0 Å². The van der Waals surface area contributed by atoms with Crippen molar-refractivity contribution in [3.8, 4) is 0 Å². The highest BCUT2D eigenvalue weighted by Crippen LogP contribution is 2.17. The van der Waals surface area contributed by atoms with Crippen LogP contribution in [0.2, 0.25) is 0 Å². The third-order valence-electron chi connectivity index (χ3n) is 2.15. The average Bonchev–Trinajstić information content (AvgIpc) is 2.53. The van der Waals surface area contributed by atoms with Gasteiger partial charge in [0.2, 0.25) is 0 Å². The maximum absolute atomic E-state index is 4.06. The van der Waals surface area contributed by atoms with E-state index in [-0.39, 0.29) is 0 Å². The van der Waals surface area contributed by atoms with Gasteiger partial charge in [-0.15, -0.1) is 5.10 Å². The molecule has 1 aliphatic heterocycles. The summed E-state index contributed by atoms with van der Waals surface area (Å²) in [5, 5.41) is 11.3. The van der Waals surface area contributed by atoms with Crippen molar-refractivity contribution in [2.45, 2.75) is 18.9 Å². The molecule has 0 bridgehead atoms. The standard InChI is InChI=1S/C7H11IN4/c8-7-5-10-11-12(7)6-2-1-3-9-4-6/h5-6,9H,1-4H2. The van der Waals surface area contributed by atoms with Crippen LogP contribution in [0.4, 0.5) is 0 Å². The molecule has 1 N–H and O–H groups in total. The Labute approximate surface area is 84.9 Å². The number of nitrogens with one attached hydrogen (secondary N) is 1. The topological polar surface area (TPSA) is 42.7 Å². The predicted molar refractivity (Wildman–Crippen MR) is 53.9 cm³/mol. The molecule has 1 saturated heterocycles. The second-order valence-electron chi connectivity index (χ2n) is 3.00. The number of nitrogens with zero attached hydrogens (tertiary/aromatic N) is 3. The molecule has 0 saturated carbocycles. The van der Waals surface area contributed by atoms with Crippen LogP contribution in [0, 0.1) is 3.70 Å². The van der Waals surface area contributed by atoms with Gasteiger partial charge in [0.15, 0.2) is 0 Å². The lowest BCUT2D eigenvalue weighted by Gasteiger charge is -2.22. The van der Waals surface area contributed by atoms with Crippen molar-refractivity contribution in [1.29, 1.82) is 0 Å². The van der Waals surface area contributed by atoms with Crippen molar-refractivity contribution in [1.82, 2.24) is 20.3 Å². The van der Waals surface area contributed by atoms with E-state index in [1.54, 1.807) is 6.20 Å². The average molecular weight is 278 g/mol. The Balaban J connectivity index is 2.13. The Kier molecular flexibility index (Phi) is 2.60. The SMILES string of the molecule is Ic1cnnn1C1CCCNC1. The highest BCUT2D eigenvalue weighted by Gasteiger charge is 2.17. The summed E-state index contributed by atoms with van der Waals surface area (Å²) in [7, 11) is 0. The summed E-state index contributed by atoms with van der Waals surface area (Å²) in [4.78, 5) is 0. The Morgan fingerprint density at radius 3 is 3.17 bits per heavy atom. The Bertz CT molecular complexity index is 254. The second kappa shape index (κ2) is 3.69. The minimum absolute atomic E-state index is 0.508. The normalized spacial score (nSPS) is 24.2. The molecular formula is C7H11IN4. The fourth-order valence-corrected chi connectivity index (χ4v) is 2.14. The summed E-state index contributed by atoms with van der Waals surface area (Å²) >= 11 is 2.27. The number of piperidine rings is 1. The molecule has 0 radical (unpaired) electrons. The minimum Gasteiger partial charge on any atom is -0.315 e. The first-order chi connectivity index (χ1) is 5.88. The molecule has 0 spiro atoms. The van der Waals surface area contributed by atoms with E-state index in [0.29, 0.717) is 6.04 Å². The van der Waals surface area contributed by atoms with Crippen LogP contribution in [-0.2, 0) is 0 Å². The van der Waals surface area contributed by atoms with Crippen molar-refractivity contribution in [3.63, 3.8) is 0 Å². The summed E-state index contributed by atoms with van der Waals surface area (Å²) in [6.45, 7) is 2.17. The molecule has 1 aromatic rings. The van der Waals surface area contributed by atoms with Gasteiger partial charge in [-0.3, -0.25) is 0 Å². The lowest BCUT2D eigenvalue weighted by molar-refractivity contribution is 0.336. The number of halogens is 1. The quantitative estimate of drug-likeness (QED) is 0.773. The molecule has 1 unspecified atom stereocenters. The zero-order valence-corrected chi connectivity index (χ0v) is 8.86. The van der Waals surface area contributed by atoms with Crippen LogP contribution >= 0.6 is 22.6 Å². The van der Waals surface area contributed by atoms with Crippen molar-refractivity contribution in [2.75, 3.05) is 13.1 Å². The second-order valence-corrected chi connectivity index (χ2v) is 4.11. The molecule has 0 amide bonds. The summed E-state index contributed by atoms with van der Waals surface area (Å²) in [5.41, 5.74) is 0. The molecule has 1 aliphatic rings. The lowest BCUT2D eigenvalue weighted by Crippen LogP contribution is -2.32. The fraction of sp³-hybridized carbons (Fsp3) is 0.714. The fourth-order valence-electron chi connectivity index (χ4n) is 1.52. The van der Waals surface area contributed by atoms with Gasteiger partial charge in [0.05, 0.1) is 12.2 Å².